The normalized spacial score (nSPS) is 14.3. The number of aryl methyl sites for hydroxylation is 1. The van der Waals surface area contributed by atoms with Gasteiger partial charge in [0.1, 0.15) is 5.82 Å². The van der Waals surface area contributed by atoms with Crippen LogP contribution in [0.15, 0.2) is 42.6 Å². The fraction of sp³-hybridized carbons (Fsp3) is 0.238. The van der Waals surface area contributed by atoms with E-state index in [9.17, 15) is 13.6 Å². The van der Waals surface area contributed by atoms with Crippen molar-refractivity contribution in [3.8, 4) is 0 Å². The lowest BCUT2D eigenvalue weighted by atomic mass is 10.0. The number of benzene rings is 2. The lowest BCUT2D eigenvalue weighted by Crippen LogP contribution is -2.40. The van der Waals surface area contributed by atoms with Crippen molar-refractivity contribution in [1.82, 2.24) is 9.88 Å². The van der Waals surface area contributed by atoms with Crippen LogP contribution in [0.1, 0.15) is 15.9 Å². The summed E-state index contributed by atoms with van der Waals surface area (Å²) in [5.74, 6) is -1.66. The standard InChI is InChI=1S/C21H19F2N3O2/c1-13-4-2-5-14-18(13)15(21(27)26-8-10-28-11-9-26)12-24-20(14)25-17-7-3-6-16(22)19(17)23/h2-7,12H,8-11H2,1H3,(H,24,25). The van der Waals surface area contributed by atoms with Crippen LogP contribution < -0.4 is 5.32 Å². The fourth-order valence-corrected chi connectivity index (χ4v) is 3.41. The van der Waals surface area contributed by atoms with Gasteiger partial charge in [-0.15, -0.1) is 0 Å². The number of nitrogens with one attached hydrogen (secondary N) is 1. The van der Waals surface area contributed by atoms with Crippen LogP contribution in [0.5, 0.6) is 0 Å². The first-order valence-electron chi connectivity index (χ1n) is 9.02. The molecule has 0 radical (unpaired) electrons. The van der Waals surface area contributed by atoms with E-state index in [0.717, 1.165) is 17.0 Å². The van der Waals surface area contributed by atoms with E-state index in [0.29, 0.717) is 43.1 Å². The number of ether oxygens (including phenoxy) is 1. The zero-order valence-electron chi connectivity index (χ0n) is 15.3. The summed E-state index contributed by atoms with van der Waals surface area (Å²) in [5, 5.41) is 4.27. The summed E-state index contributed by atoms with van der Waals surface area (Å²) in [6.07, 6.45) is 1.49. The van der Waals surface area contributed by atoms with Crippen molar-refractivity contribution < 1.29 is 18.3 Å². The van der Waals surface area contributed by atoms with Gasteiger partial charge < -0.3 is 15.0 Å². The minimum absolute atomic E-state index is 0.0115. The summed E-state index contributed by atoms with van der Waals surface area (Å²) >= 11 is 0. The number of rotatable bonds is 3. The minimum atomic E-state index is -0.974. The van der Waals surface area contributed by atoms with Crippen molar-refractivity contribution in [2.75, 3.05) is 31.6 Å². The third-order valence-electron chi connectivity index (χ3n) is 4.85. The van der Waals surface area contributed by atoms with Gasteiger partial charge in [-0.1, -0.05) is 24.3 Å². The number of fused-ring (bicyclic) bond motifs is 1. The van der Waals surface area contributed by atoms with Gasteiger partial charge in [0, 0.05) is 30.1 Å². The van der Waals surface area contributed by atoms with Crippen molar-refractivity contribution in [2.45, 2.75) is 6.92 Å². The molecule has 1 aromatic heterocycles. The molecule has 0 atom stereocenters. The van der Waals surface area contributed by atoms with Crippen molar-refractivity contribution in [3.05, 3.63) is 65.4 Å². The number of hydrogen-bond acceptors (Lipinski definition) is 4. The van der Waals surface area contributed by atoms with E-state index in [4.69, 9.17) is 4.74 Å². The van der Waals surface area contributed by atoms with E-state index >= 15 is 0 Å². The predicted molar refractivity (Wildman–Crippen MR) is 103 cm³/mol. The van der Waals surface area contributed by atoms with Crippen LogP contribution in [0, 0.1) is 18.6 Å². The molecular weight excluding hydrogens is 364 g/mol. The molecule has 2 aromatic carbocycles. The summed E-state index contributed by atoms with van der Waals surface area (Å²) in [6, 6.07) is 9.48. The van der Waals surface area contributed by atoms with Crippen LogP contribution in [0.2, 0.25) is 0 Å². The van der Waals surface area contributed by atoms with Crippen molar-refractivity contribution >= 4 is 28.2 Å². The highest BCUT2D eigenvalue weighted by Gasteiger charge is 2.23. The van der Waals surface area contributed by atoms with Gasteiger partial charge in [0.2, 0.25) is 0 Å². The summed E-state index contributed by atoms with van der Waals surface area (Å²) in [5.41, 5.74) is 1.38. The summed E-state index contributed by atoms with van der Waals surface area (Å²) in [7, 11) is 0. The summed E-state index contributed by atoms with van der Waals surface area (Å²) in [6.45, 7) is 3.98. The number of anilines is 2. The molecule has 1 N–H and O–H groups in total. The van der Waals surface area contributed by atoms with E-state index in [1.165, 1.54) is 18.3 Å². The zero-order valence-corrected chi connectivity index (χ0v) is 15.3. The van der Waals surface area contributed by atoms with Crippen LogP contribution in [0.4, 0.5) is 20.3 Å². The lowest BCUT2D eigenvalue weighted by Gasteiger charge is -2.27. The Kier molecular flexibility index (Phi) is 4.92. The summed E-state index contributed by atoms with van der Waals surface area (Å²) < 4.78 is 32.9. The smallest absolute Gasteiger partial charge is 0.256 e. The second kappa shape index (κ2) is 7.52. The quantitative estimate of drug-likeness (QED) is 0.742. The topological polar surface area (TPSA) is 54.5 Å². The maximum atomic E-state index is 14.1. The van der Waals surface area contributed by atoms with E-state index in [-0.39, 0.29) is 11.6 Å². The monoisotopic (exact) mass is 383 g/mol. The van der Waals surface area contributed by atoms with Crippen LogP contribution in [-0.4, -0.2) is 42.1 Å². The average molecular weight is 383 g/mol. The second-order valence-electron chi connectivity index (χ2n) is 6.65. The molecule has 5 nitrogen and oxygen atoms in total. The zero-order chi connectivity index (χ0) is 19.7. The molecule has 144 valence electrons. The third-order valence-corrected chi connectivity index (χ3v) is 4.85. The molecular formula is C21H19F2N3O2. The first-order chi connectivity index (χ1) is 13.6. The highest BCUT2D eigenvalue weighted by Crippen LogP contribution is 2.31. The number of pyridine rings is 1. The first kappa shape index (κ1) is 18.3. The van der Waals surface area contributed by atoms with Gasteiger partial charge in [0.05, 0.1) is 24.5 Å². The Balaban J connectivity index is 1.79. The number of morpholine rings is 1. The molecule has 0 spiro atoms. The van der Waals surface area contributed by atoms with Crippen molar-refractivity contribution in [1.29, 1.82) is 0 Å². The van der Waals surface area contributed by atoms with Crippen molar-refractivity contribution in [3.63, 3.8) is 0 Å². The van der Waals surface area contributed by atoms with Gasteiger partial charge in [0.25, 0.3) is 5.91 Å². The number of halogens is 2. The fourth-order valence-electron chi connectivity index (χ4n) is 3.41. The van der Waals surface area contributed by atoms with Gasteiger partial charge in [-0.2, -0.15) is 0 Å². The molecule has 1 saturated heterocycles. The molecule has 0 unspecified atom stereocenters. The highest BCUT2D eigenvalue weighted by molar-refractivity contribution is 6.10. The Morgan fingerprint density at radius 2 is 1.89 bits per heavy atom. The SMILES string of the molecule is Cc1cccc2c(Nc3cccc(F)c3F)ncc(C(=O)N3CCOCC3)c12. The molecule has 1 aliphatic rings. The van der Waals surface area contributed by atoms with Crippen LogP contribution >= 0.6 is 0 Å². The van der Waals surface area contributed by atoms with Gasteiger partial charge in [0.15, 0.2) is 11.6 Å². The largest absolute Gasteiger partial charge is 0.378 e. The molecule has 4 rings (SSSR count). The Hall–Kier alpha value is -3.06. The number of carbonyl (C=O) groups excluding carboxylic acids is 1. The lowest BCUT2D eigenvalue weighted by molar-refractivity contribution is 0.0304. The van der Waals surface area contributed by atoms with Gasteiger partial charge in [-0.25, -0.2) is 13.8 Å². The molecule has 0 aliphatic carbocycles. The van der Waals surface area contributed by atoms with E-state index < -0.39 is 11.6 Å². The third kappa shape index (κ3) is 3.29. The Labute approximate surface area is 160 Å². The minimum Gasteiger partial charge on any atom is -0.378 e. The maximum Gasteiger partial charge on any atom is 0.256 e. The van der Waals surface area contributed by atoms with Crippen LogP contribution in [-0.2, 0) is 4.74 Å². The number of amides is 1. The molecule has 1 aliphatic heterocycles. The second-order valence-corrected chi connectivity index (χ2v) is 6.65. The summed E-state index contributed by atoms with van der Waals surface area (Å²) in [4.78, 5) is 19.1. The molecule has 1 fully saturated rings. The molecule has 0 bridgehead atoms. The number of aromatic nitrogens is 1. The van der Waals surface area contributed by atoms with Gasteiger partial charge in [-0.05, 0) is 24.6 Å². The number of hydrogen-bond donors (Lipinski definition) is 1. The van der Waals surface area contributed by atoms with Crippen LogP contribution in [0.25, 0.3) is 10.8 Å². The van der Waals surface area contributed by atoms with Crippen LogP contribution in [0.3, 0.4) is 0 Å². The molecule has 1 amide bonds. The Morgan fingerprint density at radius 1 is 1.14 bits per heavy atom. The first-order valence-corrected chi connectivity index (χ1v) is 9.02. The number of carbonyl (C=O) groups is 1. The molecule has 28 heavy (non-hydrogen) atoms. The molecule has 3 aromatic rings. The highest BCUT2D eigenvalue weighted by atomic mass is 19.2. The van der Waals surface area contributed by atoms with Crippen molar-refractivity contribution in [2.24, 2.45) is 0 Å². The maximum absolute atomic E-state index is 14.1. The van der Waals surface area contributed by atoms with Gasteiger partial charge >= 0.3 is 0 Å². The molecule has 0 saturated carbocycles. The molecule has 2 heterocycles. The van der Waals surface area contributed by atoms with Gasteiger partial charge in [-0.3, -0.25) is 4.79 Å². The molecule has 7 heteroatoms. The van der Waals surface area contributed by atoms with E-state index in [1.54, 1.807) is 4.90 Å². The Bertz CT molecular complexity index is 1050. The average Bonchev–Trinajstić information content (AvgIpc) is 2.72. The predicted octanol–water partition coefficient (Wildman–Crippen LogP) is 4.04. The number of nitrogens with zero attached hydrogens (tertiary/aromatic N) is 2. The Morgan fingerprint density at radius 3 is 2.68 bits per heavy atom. The van der Waals surface area contributed by atoms with E-state index in [1.807, 2.05) is 25.1 Å². The van der Waals surface area contributed by atoms with E-state index in [2.05, 4.69) is 10.3 Å².